The van der Waals surface area contributed by atoms with Crippen molar-refractivity contribution >= 4 is 17.5 Å². The Hall–Kier alpha value is -2.95. The molecule has 0 bridgehead atoms. The molecule has 0 N–H and O–H groups in total. The number of Topliss-reactive ketones (excluding diaryl/α,β-unsaturated/α-hetero) is 2. The van der Waals surface area contributed by atoms with Crippen LogP contribution in [0.4, 0.5) is 0 Å². The Kier molecular flexibility index (Phi) is 3.72. The fourth-order valence-electron chi connectivity index (χ4n) is 2.73. The topological polar surface area (TPSA) is 67.6 Å². The van der Waals surface area contributed by atoms with Crippen LogP contribution >= 0.6 is 0 Å². The molecule has 3 rings (SSSR count). The first-order valence-electron chi connectivity index (χ1n) is 7.55. The van der Waals surface area contributed by atoms with Crippen LogP contribution in [0.1, 0.15) is 45.1 Å². The monoisotopic (exact) mass is 323 g/mol. The van der Waals surface area contributed by atoms with Gasteiger partial charge >= 0.3 is 0 Å². The summed E-state index contributed by atoms with van der Waals surface area (Å²) >= 11 is 0. The van der Waals surface area contributed by atoms with E-state index in [1.165, 1.54) is 4.90 Å². The van der Waals surface area contributed by atoms with Crippen molar-refractivity contribution in [2.24, 2.45) is 0 Å². The van der Waals surface area contributed by atoms with Gasteiger partial charge in [-0.05, 0) is 13.8 Å². The number of carbonyl (C=O) groups excluding carboxylic acids is 3. The Bertz CT molecular complexity index is 901. The van der Waals surface area contributed by atoms with Gasteiger partial charge in [0.2, 0.25) is 5.76 Å². The van der Waals surface area contributed by atoms with Crippen molar-refractivity contribution in [2.45, 2.75) is 13.8 Å². The first kappa shape index (κ1) is 15.9. The summed E-state index contributed by atoms with van der Waals surface area (Å²) in [6.07, 6.45) is 0. The van der Waals surface area contributed by atoms with Gasteiger partial charge in [0.15, 0.2) is 11.6 Å². The molecule has 1 heterocycles. The number of allylic oxidation sites excluding steroid dienone is 2. The third kappa shape index (κ3) is 2.21. The van der Waals surface area contributed by atoms with E-state index in [0.29, 0.717) is 16.7 Å². The maximum atomic E-state index is 12.8. The van der Waals surface area contributed by atoms with Crippen molar-refractivity contribution in [3.05, 3.63) is 58.4 Å². The van der Waals surface area contributed by atoms with Crippen LogP contribution in [0.15, 0.2) is 45.9 Å². The number of furan rings is 1. The quantitative estimate of drug-likeness (QED) is 0.850. The number of hydrogen-bond acceptors (Lipinski definition) is 4. The zero-order valence-corrected chi connectivity index (χ0v) is 14.0. The highest BCUT2D eigenvalue weighted by Crippen LogP contribution is 2.38. The molecule has 0 spiro atoms. The first-order valence-corrected chi connectivity index (χ1v) is 7.55. The number of ketones is 2. The molecule has 5 nitrogen and oxygen atoms in total. The summed E-state index contributed by atoms with van der Waals surface area (Å²) in [6, 6.07) is 9.01. The van der Waals surface area contributed by atoms with Gasteiger partial charge in [-0.3, -0.25) is 14.4 Å². The predicted molar refractivity (Wildman–Crippen MR) is 89.2 cm³/mol. The average Bonchev–Trinajstić information content (AvgIpc) is 2.98. The van der Waals surface area contributed by atoms with Gasteiger partial charge in [0.1, 0.15) is 5.76 Å². The second-order valence-corrected chi connectivity index (χ2v) is 5.98. The summed E-state index contributed by atoms with van der Waals surface area (Å²) in [5.41, 5.74) is 1.63. The third-order valence-corrected chi connectivity index (χ3v) is 4.24. The van der Waals surface area contributed by atoms with E-state index < -0.39 is 5.91 Å². The summed E-state index contributed by atoms with van der Waals surface area (Å²) in [5, 5.41) is 0. The zero-order chi connectivity index (χ0) is 17.6. The molecule has 0 saturated heterocycles. The molecule has 0 saturated carbocycles. The summed E-state index contributed by atoms with van der Waals surface area (Å²) in [5.74, 6) is -0.872. The van der Waals surface area contributed by atoms with Crippen LogP contribution in [0, 0.1) is 0 Å². The SMILES string of the molecule is CC1=C(C)C(=O)c2c(-c3ccccc3)oc(C(=O)N(C)C)c2C1=O. The van der Waals surface area contributed by atoms with Crippen LogP contribution in [0.25, 0.3) is 11.3 Å². The molecule has 0 atom stereocenters. The smallest absolute Gasteiger partial charge is 0.289 e. The number of nitrogens with zero attached hydrogens (tertiary/aromatic N) is 1. The van der Waals surface area contributed by atoms with Crippen molar-refractivity contribution in [3.63, 3.8) is 0 Å². The minimum absolute atomic E-state index is 0.0700. The van der Waals surface area contributed by atoms with Crippen molar-refractivity contribution in [3.8, 4) is 11.3 Å². The Morgan fingerprint density at radius 2 is 1.46 bits per heavy atom. The van der Waals surface area contributed by atoms with Crippen LogP contribution in [0.3, 0.4) is 0 Å². The fourth-order valence-corrected chi connectivity index (χ4v) is 2.73. The standard InChI is InChI=1S/C19H17NO4/c1-10-11(2)16(22)14-13(15(10)21)17(12-8-6-5-7-9-12)24-18(14)19(23)20(3)4/h5-9H,1-4H3. The summed E-state index contributed by atoms with van der Waals surface area (Å²) in [4.78, 5) is 39.3. The minimum atomic E-state index is -0.443. The van der Waals surface area contributed by atoms with Crippen LogP contribution in [0.5, 0.6) is 0 Å². The van der Waals surface area contributed by atoms with Crippen LogP contribution < -0.4 is 0 Å². The highest BCUT2D eigenvalue weighted by Gasteiger charge is 2.38. The molecule has 1 aliphatic rings. The molecular weight excluding hydrogens is 306 g/mol. The number of amides is 1. The summed E-state index contributed by atoms with van der Waals surface area (Å²) < 4.78 is 5.75. The largest absolute Gasteiger partial charge is 0.449 e. The third-order valence-electron chi connectivity index (χ3n) is 4.24. The van der Waals surface area contributed by atoms with Crippen LogP contribution in [-0.2, 0) is 0 Å². The second kappa shape index (κ2) is 5.60. The molecule has 0 fully saturated rings. The zero-order valence-electron chi connectivity index (χ0n) is 14.0. The lowest BCUT2D eigenvalue weighted by atomic mass is 9.84. The van der Waals surface area contributed by atoms with Crippen LogP contribution in [0.2, 0.25) is 0 Å². The van der Waals surface area contributed by atoms with Gasteiger partial charge in [-0.1, -0.05) is 30.3 Å². The Labute approximate surface area is 139 Å². The number of benzene rings is 1. The maximum Gasteiger partial charge on any atom is 0.289 e. The Balaban J connectivity index is 2.35. The number of rotatable bonds is 2. The van der Waals surface area contributed by atoms with E-state index in [-0.39, 0.29) is 34.2 Å². The van der Waals surface area contributed by atoms with Crippen molar-refractivity contribution in [2.75, 3.05) is 14.1 Å². The number of carbonyl (C=O) groups is 3. The van der Waals surface area contributed by atoms with Gasteiger partial charge in [0.25, 0.3) is 5.91 Å². The van der Waals surface area contributed by atoms with Crippen molar-refractivity contribution < 1.29 is 18.8 Å². The molecule has 24 heavy (non-hydrogen) atoms. The minimum Gasteiger partial charge on any atom is -0.449 e. The van der Waals surface area contributed by atoms with E-state index >= 15 is 0 Å². The van der Waals surface area contributed by atoms with E-state index in [1.54, 1.807) is 52.2 Å². The Morgan fingerprint density at radius 3 is 2.00 bits per heavy atom. The van der Waals surface area contributed by atoms with Crippen molar-refractivity contribution in [1.82, 2.24) is 4.90 Å². The highest BCUT2D eigenvalue weighted by molar-refractivity contribution is 6.30. The van der Waals surface area contributed by atoms with E-state index in [9.17, 15) is 14.4 Å². The van der Waals surface area contributed by atoms with E-state index in [4.69, 9.17) is 4.42 Å². The maximum absolute atomic E-state index is 12.8. The molecule has 2 aromatic rings. The summed E-state index contributed by atoms with van der Waals surface area (Å²) in [7, 11) is 3.14. The second-order valence-electron chi connectivity index (χ2n) is 5.98. The molecule has 122 valence electrons. The van der Waals surface area contributed by atoms with Gasteiger partial charge in [-0.15, -0.1) is 0 Å². The van der Waals surface area contributed by atoms with E-state index in [1.807, 2.05) is 6.07 Å². The van der Waals surface area contributed by atoms with E-state index in [0.717, 1.165) is 0 Å². The first-order chi connectivity index (χ1) is 11.3. The highest BCUT2D eigenvalue weighted by atomic mass is 16.4. The average molecular weight is 323 g/mol. The van der Waals surface area contributed by atoms with E-state index in [2.05, 4.69) is 0 Å². The summed E-state index contributed by atoms with van der Waals surface area (Å²) in [6.45, 7) is 3.21. The molecule has 1 aliphatic carbocycles. The van der Waals surface area contributed by atoms with Gasteiger partial charge in [-0.2, -0.15) is 0 Å². The lowest BCUT2D eigenvalue weighted by molar-refractivity contribution is 0.0791. The fraction of sp³-hybridized carbons (Fsp3) is 0.211. The predicted octanol–water partition coefficient (Wildman–Crippen LogP) is 3.36. The van der Waals surface area contributed by atoms with Gasteiger partial charge in [0, 0.05) is 30.8 Å². The van der Waals surface area contributed by atoms with Gasteiger partial charge in [-0.25, -0.2) is 0 Å². The molecule has 0 aliphatic heterocycles. The normalized spacial score (nSPS) is 14.0. The lowest BCUT2D eigenvalue weighted by Crippen LogP contribution is -2.26. The molecule has 0 radical (unpaired) electrons. The Morgan fingerprint density at radius 1 is 0.917 bits per heavy atom. The molecular formula is C19H17NO4. The van der Waals surface area contributed by atoms with Gasteiger partial charge in [0.05, 0.1) is 11.1 Å². The van der Waals surface area contributed by atoms with Crippen molar-refractivity contribution in [1.29, 1.82) is 0 Å². The number of fused-ring (bicyclic) bond motifs is 1. The van der Waals surface area contributed by atoms with Crippen LogP contribution in [-0.4, -0.2) is 36.5 Å². The molecule has 1 amide bonds. The molecule has 0 unspecified atom stereocenters. The number of hydrogen-bond donors (Lipinski definition) is 0. The lowest BCUT2D eigenvalue weighted by Gasteiger charge is -2.15. The molecule has 5 heteroatoms. The molecule has 1 aromatic heterocycles. The van der Waals surface area contributed by atoms with Gasteiger partial charge < -0.3 is 9.32 Å². The molecule has 1 aromatic carbocycles.